The van der Waals surface area contributed by atoms with E-state index in [0.29, 0.717) is 0 Å². The smallest absolute Gasteiger partial charge is 0.152 e. The normalized spacial score (nSPS) is 10.5. The van der Waals surface area contributed by atoms with Gasteiger partial charge in [0.15, 0.2) is 5.82 Å². The van der Waals surface area contributed by atoms with Crippen LogP contribution in [-0.4, -0.2) is 21.3 Å². The van der Waals surface area contributed by atoms with Crippen molar-refractivity contribution < 1.29 is 0 Å². The van der Waals surface area contributed by atoms with Crippen molar-refractivity contribution in [2.24, 2.45) is 7.05 Å². The second kappa shape index (κ2) is 4.86. The van der Waals surface area contributed by atoms with Gasteiger partial charge >= 0.3 is 0 Å². The summed E-state index contributed by atoms with van der Waals surface area (Å²) in [5.74, 6) is 0.840. The van der Waals surface area contributed by atoms with Gasteiger partial charge in [0.05, 0.1) is 11.4 Å². The lowest BCUT2D eigenvalue weighted by Gasteiger charge is -2.11. The summed E-state index contributed by atoms with van der Waals surface area (Å²) in [6, 6.07) is 5.89. The van der Waals surface area contributed by atoms with Crippen molar-refractivity contribution in [3.8, 4) is 0 Å². The van der Waals surface area contributed by atoms with E-state index < -0.39 is 0 Å². The molecule has 0 saturated carbocycles. The molecule has 2 rings (SSSR count). The van der Waals surface area contributed by atoms with Crippen LogP contribution in [-0.2, 0) is 13.5 Å². The van der Waals surface area contributed by atoms with Crippen LogP contribution in [0.2, 0.25) is 0 Å². The average molecular weight is 231 g/mol. The van der Waals surface area contributed by atoms with Gasteiger partial charge in [-0.25, -0.2) is 4.98 Å². The molecule has 0 aliphatic carbocycles. The van der Waals surface area contributed by atoms with Crippen molar-refractivity contribution in [1.29, 1.82) is 0 Å². The topological polar surface area (TPSA) is 68.8 Å². The maximum atomic E-state index is 5.91. The van der Waals surface area contributed by atoms with Crippen LogP contribution in [0.25, 0.3) is 0 Å². The van der Waals surface area contributed by atoms with Gasteiger partial charge in [-0.2, -0.15) is 5.10 Å². The standard InChI is InChI=1S/C12H17N5/c1-9-4-3-5-10(13)12(9)14-7-6-11-15-8-17(2)16-11/h3-5,8,14H,6-7,13H2,1-2H3. The zero-order chi connectivity index (χ0) is 12.3. The minimum absolute atomic E-state index is 0.777. The number of nitrogens with one attached hydrogen (secondary N) is 1. The first-order chi connectivity index (χ1) is 8.16. The summed E-state index contributed by atoms with van der Waals surface area (Å²) in [5.41, 5.74) is 8.84. The van der Waals surface area contributed by atoms with E-state index in [-0.39, 0.29) is 0 Å². The number of nitrogens with zero attached hydrogens (tertiary/aromatic N) is 3. The summed E-state index contributed by atoms with van der Waals surface area (Å²) in [5, 5.41) is 7.55. The fourth-order valence-electron chi connectivity index (χ4n) is 1.73. The molecule has 1 aromatic heterocycles. The van der Waals surface area contributed by atoms with Crippen molar-refractivity contribution in [1.82, 2.24) is 14.8 Å². The number of benzene rings is 1. The molecule has 0 amide bonds. The average Bonchev–Trinajstić information content (AvgIpc) is 2.69. The van der Waals surface area contributed by atoms with E-state index in [1.54, 1.807) is 11.0 Å². The number of hydrogen-bond acceptors (Lipinski definition) is 4. The van der Waals surface area contributed by atoms with Gasteiger partial charge in [0.2, 0.25) is 0 Å². The van der Waals surface area contributed by atoms with Crippen molar-refractivity contribution in [3.05, 3.63) is 35.9 Å². The van der Waals surface area contributed by atoms with E-state index in [0.717, 1.165) is 35.7 Å². The predicted octanol–water partition coefficient (Wildman–Crippen LogP) is 1.36. The molecule has 0 fully saturated rings. The molecule has 3 N–H and O–H groups in total. The molecule has 2 aromatic rings. The largest absolute Gasteiger partial charge is 0.397 e. The van der Waals surface area contributed by atoms with E-state index in [4.69, 9.17) is 5.73 Å². The summed E-state index contributed by atoms with van der Waals surface area (Å²) in [7, 11) is 1.86. The van der Waals surface area contributed by atoms with Crippen LogP contribution in [0.4, 0.5) is 11.4 Å². The molecule has 0 spiro atoms. The van der Waals surface area contributed by atoms with E-state index in [9.17, 15) is 0 Å². The molecule has 0 saturated heterocycles. The lowest BCUT2D eigenvalue weighted by molar-refractivity contribution is 0.742. The van der Waals surface area contributed by atoms with Crippen LogP contribution in [0.5, 0.6) is 0 Å². The number of nitrogens with two attached hydrogens (primary N) is 1. The molecule has 5 heteroatoms. The summed E-state index contributed by atoms with van der Waals surface area (Å²) >= 11 is 0. The van der Waals surface area contributed by atoms with Gasteiger partial charge in [-0.05, 0) is 18.6 Å². The molecule has 1 aromatic carbocycles. The molecule has 0 unspecified atom stereocenters. The van der Waals surface area contributed by atoms with Gasteiger partial charge in [-0.1, -0.05) is 12.1 Å². The second-order valence-electron chi connectivity index (χ2n) is 4.05. The molecule has 1 heterocycles. The van der Waals surface area contributed by atoms with Gasteiger partial charge in [0, 0.05) is 20.0 Å². The Balaban J connectivity index is 1.94. The van der Waals surface area contributed by atoms with Crippen molar-refractivity contribution in [2.75, 3.05) is 17.6 Å². The van der Waals surface area contributed by atoms with E-state index in [1.165, 1.54) is 0 Å². The number of aromatic nitrogens is 3. The van der Waals surface area contributed by atoms with Crippen LogP contribution >= 0.6 is 0 Å². The Morgan fingerprint density at radius 2 is 2.24 bits per heavy atom. The van der Waals surface area contributed by atoms with E-state index in [2.05, 4.69) is 15.4 Å². The van der Waals surface area contributed by atoms with Gasteiger partial charge in [0.1, 0.15) is 6.33 Å². The Kier molecular flexibility index (Phi) is 3.27. The summed E-state index contributed by atoms with van der Waals surface area (Å²) < 4.78 is 1.71. The van der Waals surface area contributed by atoms with Gasteiger partial charge in [-0.3, -0.25) is 4.68 Å². The van der Waals surface area contributed by atoms with Gasteiger partial charge in [-0.15, -0.1) is 0 Å². The number of rotatable bonds is 4. The second-order valence-corrected chi connectivity index (χ2v) is 4.05. The SMILES string of the molecule is Cc1cccc(N)c1NCCc1ncn(C)n1. The Hall–Kier alpha value is -2.04. The molecule has 17 heavy (non-hydrogen) atoms. The number of aryl methyl sites for hydroxylation is 2. The summed E-state index contributed by atoms with van der Waals surface area (Å²) in [4.78, 5) is 4.17. The molecule has 90 valence electrons. The van der Waals surface area contributed by atoms with Crippen LogP contribution in [0, 0.1) is 6.92 Å². The molecule has 0 atom stereocenters. The number of anilines is 2. The minimum atomic E-state index is 0.777. The zero-order valence-electron chi connectivity index (χ0n) is 10.1. The first kappa shape index (κ1) is 11.4. The third-order valence-electron chi connectivity index (χ3n) is 2.60. The van der Waals surface area contributed by atoms with Crippen molar-refractivity contribution in [3.63, 3.8) is 0 Å². The fourth-order valence-corrected chi connectivity index (χ4v) is 1.73. The Morgan fingerprint density at radius 1 is 1.41 bits per heavy atom. The van der Waals surface area contributed by atoms with Crippen LogP contribution in [0.1, 0.15) is 11.4 Å². The lowest BCUT2D eigenvalue weighted by Crippen LogP contribution is -2.09. The predicted molar refractivity (Wildman–Crippen MR) is 68.8 cm³/mol. The quantitative estimate of drug-likeness (QED) is 0.780. The van der Waals surface area contributed by atoms with Crippen molar-refractivity contribution >= 4 is 11.4 Å². The third kappa shape index (κ3) is 2.75. The maximum Gasteiger partial charge on any atom is 0.152 e. The highest BCUT2D eigenvalue weighted by Gasteiger charge is 2.03. The molecular formula is C12H17N5. The highest BCUT2D eigenvalue weighted by Crippen LogP contribution is 2.22. The highest BCUT2D eigenvalue weighted by molar-refractivity contribution is 5.69. The van der Waals surface area contributed by atoms with E-state index in [1.807, 2.05) is 32.2 Å². The van der Waals surface area contributed by atoms with Crippen LogP contribution in [0.15, 0.2) is 24.5 Å². The first-order valence-corrected chi connectivity index (χ1v) is 5.60. The maximum absolute atomic E-state index is 5.91. The Morgan fingerprint density at radius 3 is 2.88 bits per heavy atom. The van der Waals surface area contributed by atoms with Crippen molar-refractivity contribution in [2.45, 2.75) is 13.3 Å². The number of para-hydroxylation sites is 1. The van der Waals surface area contributed by atoms with E-state index >= 15 is 0 Å². The van der Waals surface area contributed by atoms with Gasteiger partial charge in [0.25, 0.3) is 0 Å². The number of nitrogen functional groups attached to an aromatic ring is 1. The first-order valence-electron chi connectivity index (χ1n) is 5.60. The Bertz CT molecular complexity index is 483. The molecular weight excluding hydrogens is 214 g/mol. The monoisotopic (exact) mass is 231 g/mol. The molecule has 0 radical (unpaired) electrons. The van der Waals surface area contributed by atoms with Crippen LogP contribution in [0.3, 0.4) is 0 Å². The third-order valence-corrected chi connectivity index (χ3v) is 2.60. The molecule has 0 aliphatic heterocycles. The number of hydrogen-bond donors (Lipinski definition) is 2. The minimum Gasteiger partial charge on any atom is -0.397 e. The van der Waals surface area contributed by atoms with Crippen LogP contribution < -0.4 is 11.1 Å². The molecule has 0 aliphatic rings. The molecule has 5 nitrogen and oxygen atoms in total. The fraction of sp³-hybridized carbons (Fsp3) is 0.333. The van der Waals surface area contributed by atoms with Gasteiger partial charge < -0.3 is 11.1 Å². The lowest BCUT2D eigenvalue weighted by atomic mass is 10.1. The Labute approximate surface area is 101 Å². The summed E-state index contributed by atoms with van der Waals surface area (Å²) in [6.45, 7) is 2.82. The summed E-state index contributed by atoms with van der Waals surface area (Å²) in [6.07, 6.45) is 2.49. The zero-order valence-corrected chi connectivity index (χ0v) is 10.1. The molecule has 0 bridgehead atoms. The highest BCUT2D eigenvalue weighted by atomic mass is 15.3.